The van der Waals surface area contributed by atoms with Gasteiger partial charge < -0.3 is 0 Å². The van der Waals surface area contributed by atoms with E-state index in [1.54, 1.807) is 6.20 Å². The molecule has 0 fully saturated rings. The monoisotopic (exact) mass is 300 g/mol. The highest BCUT2D eigenvalue weighted by Crippen LogP contribution is 2.29. The summed E-state index contributed by atoms with van der Waals surface area (Å²) < 4.78 is 0.993. The average Bonchev–Trinajstić information content (AvgIpc) is 2.40. The lowest BCUT2D eigenvalue weighted by Crippen LogP contribution is -2.22. The van der Waals surface area contributed by atoms with Gasteiger partial charge in [0.2, 0.25) is 0 Å². The van der Waals surface area contributed by atoms with Gasteiger partial charge in [0.05, 0.1) is 11.5 Å². The van der Waals surface area contributed by atoms with Gasteiger partial charge in [0, 0.05) is 16.9 Å². The van der Waals surface area contributed by atoms with Crippen molar-refractivity contribution in [2.45, 2.75) is 18.8 Å². The van der Waals surface area contributed by atoms with E-state index in [4.69, 9.17) is 0 Å². The Bertz CT molecular complexity index is 575. The second kappa shape index (κ2) is 5.32. The van der Waals surface area contributed by atoms with Crippen LogP contribution in [0.1, 0.15) is 18.1 Å². The number of halogens is 1. The van der Waals surface area contributed by atoms with Crippen molar-refractivity contribution in [2.24, 2.45) is 0 Å². The number of rotatable bonds is 3. The van der Waals surface area contributed by atoms with Gasteiger partial charge in [-0.15, -0.1) is 0 Å². The molecule has 0 spiro atoms. The molecule has 2 nitrogen and oxygen atoms in total. The van der Waals surface area contributed by atoms with Crippen LogP contribution in [0.25, 0.3) is 0 Å². The van der Waals surface area contributed by atoms with Crippen LogP contribution in [0.2, 0.25) is 0 Å². The molecular formula is C15H13BrN2. The summed E-state index contributed by atoms with van der Waals surface area (Å²) in [6.07, 6.45) is 4.22. The Morgan fingerprint density at radius 1 is 1.33 bits per heavy atom. The van der Waals surface area contributed by atoms with E-state index in [1.165, 1.54) is 0 Å². The number of nitriles is 1. The van der Waals surface area contributed by atoms with Crippen molar-refractivity contribution in [3.05, 3.63) is 64.4 Å². The molecule has 1 atom stereocenters. The van der Waals surface area contributed by atoms with Crippen molar-refractivity contribution >= 4 is 15.9 Å². The second-order valence-corrected chi connectivity index (χ2v) is 5.41. The smallest absolute Gasteiger partial charge is 0.0835 e. The van der Waals surface area contributed by atoms with E-state index in [9.17, 15) is 5.26 Å². The first kappa shape index (κ1) is 12.8. The number of pyridine rings is 1. The van der Waals surface area contributed by atoms with Gasteiger partial charge in [0.1, 0.15) is 0 Å². The Hall–Kier alpha value is -1.66. The second-order valence-electron chi connectivity index (χ2n) is 4.49. The third kappa shape index (κ3) is 2.77. The maximum Gasteiger partial charge on any atom is 0.0835 e. The molecular weight excluding hydrogens is 288 g/mol. The lowest BCUT2D eigenvalue weighted by molar-refractivity contribution is 0.605. The maximum atomic E-state index is 9.51. The van der Waals surface area contributed by atoms with Crippen LogP contribution in [0, 0.1) is 11.3 Å². The Morgan fingerprint density at radius 2 is 2.17 bits per heavy atom. The molecule has 1 aromatic carbocycles. The van der Waals surface area contributed by atoms with E-state index in [0.717, 1.165) is 15.6 Å². The molecule has 18 heavy (non-hydrogen) atoms. The normalized spacial score (nSPS) is 13.6. The Balaban J connectivity index is 2.35. The van der Waals surface area contributed by atoms with Crippen molar-refractivity contribution in [3.63, 3.8) is 0 Å². The minimum absolute atomic E-state index is 0.535. The third-order valence-corrected chi connectivity index (χ3v) is 3.48. The van der Waals surface area contributed by atoms with Crippen LogP contribution >= 0.6 is 15.9 Å². The summed E-state index contributed by atoms with van der Waals surface area (Å²) in [6, 6.07) is 14.2. The minimum atomic E-state index is -0.535. The molecule has 0 bridgehead atoms. The van der Waals surface area contributed by atoms with Crippen molar-refractivity contribution in [3.8, 4) is 6.07 Å². The molecule has 0 radical (unpaired) electrons. The van der Waals surface area contributed by atoms with E-state index in [2.05, 4.69) is 27.0 Å². The van der Waals surface area contributed by atoms with Crippen LogP contribution in [0.4, 0.5) is 0 Å². The molecule has 0 aliphatic rings. The van der Waals surface area contributed by atoms with E-state index >= 15 is 0 Å². The van der Waals surface area contributed by atoms with E-state index in [1.807, 2.05) is 49.5 Å². The first-order chi connectivity index (χ1) is 8.64. The van der Waals surface area contributed by atoms with Crippen molar-refractivity contribution < 1.29 is 0 Å². The topological polar surface area (TPSA) is 36.7 Å². The zero-order valence-electron chi connectivity index (χ0n) is 10.1. The summed E-state index contributed by atoms with van der Waals surface area (Å²) in [5.41, 5.74) is 1.55. The van der Waals surface area contributed by atoms with Crippen molar-refractivity contribution in [1.82, 2.24) is 4.98 Å². The molecule has 2 aromatic rings. The summed E-state index contributed by atoms with van der Waals surface area (Å²) in [5.74, 6) is 0. The molecule has 3 heteroatoms. The predicted molar refractivity (Wildman–Crippen MR) is 75.0 cm³/mol. The largest absolute Gasteiger partial charge is 0.264 e. The molecule has 1 heterocycles. The van der Waals surface area contributed by atoms with Crippen LogP contribution in [-0.4, -0.2) is 4.98 Å². The van der Waals surface area contributed by atoms with Gasteiger partial charge in [-0.3, -0.25) is 4.98 Å². The summed E-state index contributed by atoms with van der Waals surface area (Å²) in [6.45, 7) is 1.96. The third-order valence-electron chi connectivity index (χ3n) is 2.99. The fourth-order valence-electron chi connectivity index (χ4n) is 1.95. The SMILES string of the molecule is CC(C#N)(Cc1cccnc1)c1cccc(Br)c1. The van der Waals surface area contributed by atoms with E-state index in [-0.39, 0.29) is 0 Å². The Kier molecular flexibility index (Phi) is 3.78. The first-order valence-electron chi connectivity index (χ1n) is 5.70. The summed E-state index contributed by atoms with van der Waals surface area (Å²) in [7, 11) is 0. The summed E-state index contributed by atoms with van der Waals surface area (Å²) >= 11 is 3.45. The van der Waals surface area contributed by atoms with Gasteiger partial charge >= 0.3 is 0 Å². The van der Waals surface area contributed by atoms with Gasteiger partial charge in [-0.25, -0.2) is 0 Å². The standard InChI is InChI=1S/C15H13BrN2/c1-15(11-17,9-12-4-3-7-18-10-12)13-5-2-6-14(16)8-13/h2-8,10H,9H2,1H3. The van der Waals surface area contributed by atoms with Crippen LogP contribution in [-0.2, 0) is 11.8 Å². The molecule has 2 rings (SSSR count). The zero-order valence-corrected chi connectivity index (χ0v) is 11.7. The molecule has 0 N–H and O–H groups in total. The molecule has 0 amide bonds. The average molecular weight is 301 g/mol. The first-order valence-corrected chi connectivity index (χ1v) is 6.49. The quantitative estimate of drug-likeness (QED) is 0.863. The fraction of sp³-hybridized carbons (Fsp3) is 0.200. The highest BCUT2D eigenvalue weighted by Gasteiger charge is 2.27. The maximum absolute atomic E-state index is 9.51. The van der Waals surface area contributed by atoms with Crippen LogP contribution in [0.15, 0.2) is 53.3 Å². The molecule has 90 valence electrons. The minimum Gasteiger partial charge on any atom is -0.264 e. The summed E-state index contributed by atoms with van der Waals surface area (Å²) in [5, 5.41) is 9.51. The van der Waals surface area contributed by atoms with Gasteiger partial charge in [0.25, 0.3) is 0 Å². The molecule has 0 saturated heterocycles. The molecule has 0 aliphatic heterocycles. The van der Waals surface area contributed by atoms with Gasteiger partial charge in [-0.2, -0.15) is 5.26 Å². The van der Waals surface area contributed by atoms with Crippen molar-refractivity contribution in [2.75, 3.05) is 0 Å². The van der Waals surface area contributed by atoms with E-state index in [0.29, 0.717) is 6.42 Å². The molecule has 1 aromatic heterocycles. The van der Waals surface area contributed by atoms with Gasteiger partial charge in [0.15, 0.2) is 0 Å². The fourth-order valence-corrected chi connectivity index (χ4v) is 2.35. The zero-order chi connectivity index (χ0) is 13.0. The van der Waals surface area contributed by atoms with Crippen LogP contribution in [0.3, 0.4) is 0 Å². The summed E-state index contributed by atoms with van der Waals surface area (Å²) in [4.78, 5) is 4.10. The number of aromatic nitrogens is 1. The van der Waals surface area contributed by atoms with Gasteiger partial charge in [-0.05, 0) is 42.7 Å². The Labute approximate surface area is 115 Å². The number of hydrogen-bond acceptors (Lipinski definition) is 2. The molecule has 0 aliphatic carbocycles. The van der Waals surface area contributed by atoms with Crippen LogP contribution in [0.5, 0.6) is 0 Å². The number of hydrogen-bond donors (Lipinski definition) is 0. The lowest BCUT2D eigenvalue weighted by Gasteiger charge is -2.22. The number of benzene rings is 1. The van der Waals surface area contributed by atoms with Crippen LogP contribution < -0.4 is 0 Å². The highest BCUT2D eigenvalue weighted by atomic mass is 79.9. The van der Waals surface area contributed by atoms with E-state index < -0.39 is 5.41 Å². The lowest BCUT2D eigenvalue weighted by atomic mass is 9.79. The highest BCUT2D eigenvalue weighted by molar-refractivity contribution is 9.10. The molecule has 0 saturated carbocycles. The number of nitrogens with zero attached hydrogens (tertiary/aromatic N) is 2. The molecule has 1 unspecified atom stereocenters. The van der Waals surface area contributed by atoms with Gasteiger partial charge in [-0.1, -0.05) is 34.1 Å². The van der Waals surface area contributed by atoms with Crippen molar-refractivity contribution in [1.29, 1.82) is 5.26 Å². The predicted octanol–water partition coefficient (Wildman–Crippen LogP) is 3.87. The Morgan fingerprint density at radius 3 is 2.78 bits per heavy atom.